The van der Waals surface area contributed by atoms with Gasteiger partial charge in [-0.1, -0.05) is 103 Å². The van der Waals surface area contributed by atoms with E-state index >= 15 is 0 Å². The molecular formula is C55H89NOS. The van der Waals surface area contributed by atoms with Crippen molar-refractivity contribution in [3.8, 4) is 0 Å². The average Bonchev–Trinajstić information content (AvgIpc) is 3.96. The van der Waals surface area contributed by atoms with Crippen molar-refractivity contribution in [2.45, 2.75) is 266 Å². The second kappa shape index (κ2) is 17.0. The van der Waals surface area contributed by atoms with Crippen molar-refractivity contribution >= 4 is 11.8 Å². The SMILES string of the molecule is C1CCC(N(C2CCCC(C3CCCC4C5CCC6OC7CCCCC7C6C5SC34)C2)C2CCC3C4CCCCC4C(C4CCCCC4)(C4CCCCC4)C3C2)CC1. The Morgan fingerprint density at radius 3 is 1.72 bits per heavy atom. The maximum Gasteiger partial charge on any atom is 0.0621 e. The summed E-state index contributed by atoms with van der Waals surface area (Å²) in [6.45, 7) is 0. The molecule has 326 valence electrons. The Kier molecular flexibility index (Phi) is 11.7. The van der Waals surface area contributed by atoms with E-state index in [2.05, 4.69) is 16.7 Å². The van der Waals surface area contributed by atoms with Crippen molar-refractivity contribution in [3.63, 3.8) is 0 Å². The van der Waals surface area contributed by atoms with E-state index in [1.54, 1.807) is 154 Å². The zero-order chi connectivity index (χ0) is 38.2. The summed E-state index contributed by atoms with van der Waals surface area (Å²) < 4.78 is 6.95. The van der Waals surface area contributed by atoms with Gasteiger partial charge in [0.25, 0.3) is 0 Å². The van der Waals surface area contributed by atoms with Crippen LogP contribution in [-0.4, -0.2) is 45.7 Å². The topological polar surface area (TPSA) is 12.5 Å². The lowest BCUT2D eigenvalue weighted by atomic mass is 9.48. The Labute approximate surface area is 361 Å². The average molecular weight is 812 g/mol. The molecular weight excluding hydrogens is 723 g/mol. The number of rotatable bonds is 6. The summed E-state index contributed by atoms with van der Waals surface area (Å²) >= 11 is 2.63. The molecule has 2 nitrogen and oxygen atoms in total. The fourth-order valence-electron chi connectivity index (χ4n) is 21.1. The van der Waals surface area contributed by atoms with Crippen LogP contribution in [-0.2, 0) is 4.74 Å². The second-order valence-corrected chi connectivity index (χ2v) is 25.9. The van der Waals surface area contributed by atoms with Crippen LogP contribution in [0.1, 0.15) is 225 Å². The number of hydrogen-bond acceptors (Lipinski definition) is 3. The maximum absolute atomic E-state index is 6.95. The Morgan fingerprint density at radius 1 is 0.362 bits per heavy atom. The highest BCUT2D eigenvalue weighted by atomic mass is 32.2. The molecule has 10 aliphatic carbocycles. The van der Waals surface area contributed by atoms with Gasteiger partial charge in [-0.25, -0.2) is 0 Å². The quantitative estimate of drug-likeness (QED) is 0.265. The van der Waals surface area contributed by atoms with E-state index in [-0.39, 0.29) is 0 Å². The summed E-state index contributed by atoms with van der Waals surface area (Å²) in [4.78, 5) is 3.49. The fraction of sp³-hybridized carbons (Fsp3) is 1.00. The minimum absolute atomic E-state index is 0.623. The molecule has 10 saturated carbocycles. The summed E-state index contributed by atoms with van der Waals surface area (Å²) in [5.74, 6) is 12.4. The van der Waals surface area contributed by atoms with Crippen LogP contribution in [0, 0.1) is 76.4 Å². The smallest absolute Gasteiger partial charge is 0.0621 e. The van der Waals surface area contributed by atoms with Crippen LogP contribution in [0.3, 0.4) is 0 Å². The van der Waals surface area contributed by atoms with Crippen LogP contribution in [0.25, 0.3) is 0 Å². The van der Waals surface area contributed by atoms with Gasteiger partial charge in [0.2, 0.25) is 0 Å². The van der Waals surface area contributed by atoms with E-state index in [0.717, 1.165) is 105 Å². The zero-order valence-electron chi connectivity index (χ0n) is 37.5. The van der Waals surface area contributed by atoms with Crippen LogP contribution in [0.4, 0.5) is 0 Å². The van der Waals surface area contributed by atoms with Gasteiger partial charge in [-0.2, -0.15) is 11.8 Å². The predicted octanol–water partition coefficient (Wildman–Crippen LogP) is 14.8. The number of ether oxygens (including phenoxy) is 1. The predicted molar refractivity (Wildman–Crippen MR) is 243 cm³/mol. The van der Waals surface area contributed by atoms with Gasteiger partial charge in [0, 0.05) is 34.5 Å². The standard InChI is InChI=1S/C55H89NOS/c1-4-17-37(18-5-1)55(38-19-6-2-7-20-38)48-28-12-10-24-43(48)44-31-30-41(35-49(44)55)56(39-21-8-3-9-22-39)40-23-14-16-36(34-40)42-26-15-27-45-46-32-33-51-52(54(46)58-53(42)45)47-25-11-13-29-50(47)57-51/h36-54H,1-35H2. The van der Waals surface area contributed by atoms with Crippen LogP contribution >= 0.6 is 11.8 Å². The summed E-state index contributed by atoms with van der Waals surface area (Å²) in [6, 6.07) is 2.72. The molecule has 0 spiro atoms. The number of hydrogen-bond donors (Lipinski definition) is 0. The molecule has 58 heavy (non-hydrogen) atoms. The molecule has 0 aromatic carbocycles. The first-order chi connectivity index (χ1) is 28.8. The van der Waals surface area contributed by atoms with Crippen molar-refractivity contribution in [1.29, 1.82) is 0 Å². The van der Waals surface area contributed by atoms with Crippen molar-refractivity contribution in [2.75, 3.05) is 0 Å². The lowest BCUT2D eigenvalue weighted by Gasteiger charge is -2.58. The summed E-state index contributed by atoms with van der Waals surface area (Å²) in [5, 5.41) is 1.93. The van der Waals surface area contributed by atoms with Gasteiger partial charge in [0.05, 0.1) is 12.2 Å². The third-order valence-electron chi connectivity index (χ3n) is 22.7. The van der Waals surface area contributed by atoms with Crippen molar-refractivity contribution < 1.29 is 4.74 Å². The first-order valence-corrected chi connectivity index (χ1v) is 28.8. The highest BCUT2D eigenvalue weighted by Gasteiger charge is 2.66. The van der Waals surface area contributed by atoms with E-state index < -0.39 is 0 Å². The van der Waals surface area contributed by atoms with E-state index in [1.807, 2.05) is 0 Å². The second-order valence-electron chi connectivity index (χ2n) is 24.6. The van der Waals surface area contributed by atoms with E-state index in [1.165, 1.54) is 70.6 Å². The number of thioether (sulfide) groups is 1. The molecule has 12 rings (SSSR count). The highest BCUT2D eigenvalue weighted by molar-refractivity contribution is 8.00. The fourth-order valence-corrected chi connectivity index (χ4v) is 23.6. The van der Waals surface area contributed by atoms with Gasteiger partial charge in [0.1, 0.15) is 0 Å². The molecule has 16 unspecified atom stereocenters. The van der Waals surface area contributed by atoms with Gasteiger partial charge in [-0.3, -0.25) is 4.90 Å². The van der Waals surface area contributed by atoms with Crippen molar-refractivity contribution in [3.05, 3.63) is 0 Å². The van der Waals surface area contributed by atoms with Gasteiger partial charge in [-0.05, 0) is 193 Å². The normalized spacial score (nSPS) is 50.0. The van der Waals surface area contributed by atoms with Crippen LogP contribution in [0.15, 0.2) is 0 Å². The van der Waals surface area contributed by atoms with Gasteiger partial charge < -0.3 is 4.74 Å². The Balaban J connectivity index is 0.825. The molecule has 0 aromatic rings. The Morgan fingerprint density at radius 2 is 0.931 bits per heavy atom. The summed E-state index contributed by atoms with van der Waals surface area (Å²) in [6.07, 6.45) is 55.5. The Hall–Kier alpha value is 0.270. The largest absolute Gasteiger partial charge is 0.374 e. The zero-order valence-corrected chi connectivity index (χ0v) is 38.3. The lowest BCUT2D eigenvalue weighted by molar-refractivity contribution is -0.0911. The molecule has 0 N–H and O–H groups in total. The van der Waals surface area contributed by atoms with Gasteiger partial charge in [-0.15, -0.1) is 0 Å². The van der Waals surface area contributed by atoms with E-state index in [0.29, 0.717) is 12.2 Å². The summed E-state index contributed by atoms with van der Waals surface area (Å²) in [7, 11) is 0. The molecule has 2 saturated heterocycles. The molecule has 0 bridgehead atoms. The lowest BCUT2D eigenvalue weighted by Crippen LogP contribution is -2.56. The molecule has 0 aromatic heterocycles. The molecule has 2 heterocycles. The monoisotopic (exact) mass is 812 g/mol. The van der Waals surface area contributed by atoms with Crippen LogP contribution in [0.2, 0.25) is 0 Å². The number of nitrogens with zero attached hydrogens (tertiary/aromatic N) is 1. The van der Waals surface area contributed by atoms with E-state index in [4.69, 9.17) is 4.74 Å². The molecule has 0 radical (unpaired) electrons. The van der Waals surface area contributed by atoms with Gasteiger partial charge in [0.15, 0.2) is 0 Å². The summed E-state index contributed by atoms with van der Waals surface area (Å²) in [5.41, 5.74) is 0.719. The molecule has 12 fully saturated rings. The van der Waals surface area contributed by atoms with Crippen molar-refractivity contribution in [2.24, 2.45) is 76.4 Å². The van der Waals surface area contributed by atoms with Gasteiger partial charge >= 0.3 is 0 Å². The third kappa shape index (κ3) is 6.69. The minimum atomic E-state index is 0.623. The van der Waals surface area contributed by atoms with Crippen LogP contribution in [0.5, 0.6) is 0 Å². The molecule has 2 aliphatic heterocycles. The Bertz CT molecular complexity index is 1360. The molecule has 0 amide bonds. The van der Waals surface area contributed by atoms with Crippen LogP contribution < -0.4 is 0 Å². The third-order valence-corrected chi connectivity index (χ3v) is 24.7. The minimum Gasteiger partial charge on any atom is -0.374 e. The van der Waals surface area contributed by atoms with Crippen molar-refractivity contribution in [1.82, 2.24) is 4.90 Å². The highest BCUT2D eigenvalue weighted by Crippen LogP contribution is 2.72. The molecule has 3 heteroatoms. The first kappa shape index (κ1) is 39.8. The first-order valence-electron chi connectivity index (χ1n) is 27.9. The molecule has 12 aliphatic rings. The van der Waals surface area contributed by atoms with E-state index in [9.17, 15) is 0 Å². The number of fused-ring (bicyclic) bond motifs is 10. The molecule has 16 atom stereocenters. The maximum atomic E-state index is 6.95.